The lowest BCUT2D eigenvalue weighted by Gasteiger charge is -2.20. The van der Waals surface area contributed by atoms with Crippen LogP contribution in [-0.2, 0) is 15.4 Å². The first kappa shape index (κ1) is 18.1. The van der Waals surface area contributed by atoms with E-state index in [4.69, 9.17) is 22.1 Å². The van der Waals surface area contributed by atoms with E-state index in [1.54, 1.807) is 0 Å². The number of hydrogen-bond acceptors (Lipinski definition) is 4. The standard InChI is InChI=1S/C19H23ClN2O2/c1-12-4-5-13(8-15(12)11-20)16(10-19(23)24-3)14-6-7-18(22-2)17(21)9-14/h4-9,16,22H,10-11,21H2,1-3H3. The predicted molar refractivity (Wildman–Crippen MR) is 99.6 cm³/mol. The third kappa shape index (κ3) is 4.01. The molecule has 0 aliphatic heterocycles. The third-order valence-electron chi connectivity index (χ3n) is 4.27. The zero-order valence-corrected chi connectivity index (χ0v) is 15.0. The number of ether oxygens (including phenoxy) is 1. The molecule has 0 aliphatic carbocycles. The summed E-state index contributed by atoms with van der Waals surface area (Å²) >= 11 is 6.03. The van der Waals surface area contributed by atoms with E-state index in [9.17, 15) is 4.79 Å². The van der Waals surface area contributed by atoms with Gasteiger partial charge in [-0.2, -0.15) is 0 Å². The van der Waals surface area contributed by atoms with Gasteiger partial charge in [0.05, 0.1) is 24.9 Å². The minimum absolute atomic E-state index is 0.131. The second-order valence-corrected chi connectivity index (χ2v) is 6.02. The minimum atomic E-state index is -0.260. The number of esters is 1. The molecule has 2 aromatic carbocycles. The maximum absolute atomic E-state index is 11.9. The van der Waals surface area contributed by atoms with Crippen LogP contribution in [0.5, 0.6) is 0 Å². The number of nitrogens with one attached hydrogen (secondary N) is 1. The molecular weight excluding hydrogens is 324 g/mol. The molecule has 0 fully saturated rings. The predicted octanol–water partition coefficient (Wildman–Crippen LogP) is 4.05. The number of benzene rings is 2. The van der Waals surface area contributed by atoms with Gasteiger partial charge in [-0.25, -0.2) is 0 Å². The Kier molecular flexibility index (Phi) is 6.10. The normalized spacial score (nSPS) is 11.8. The van der Waals surface area contributed by atoms with Crippen LogP contribution < -0.4 is 11.1 Å². The molecule has 0 bridgehead atoms. The lowest BCUT2D eigenvalue weighted by Crippen LogP contribution is -2.11. The van der Waals surface area contributed by atoms with Crippen molar-refractivity contribution in [1.82, 2.24) is 0 Å². The van der Waals surface area contributed by atoms with Crippen molar-refractivity contribution < 1.29 is 9.53 Å². The smallest absolute Gasteiger partial charge is 0.306 e. The summed E-state index contributed by atoms with van der Waals surface area (Å²) in [7, 11) is 3.22. The van der Waals surface area contributed by atoms with E-state index < -0.39 is 0 Å². The molecule has 3 N–H and O–H groups in total. The molecule has 0 aromatic heterocycles. The number of rotatable bonds is 6. The maximum atomic E-state index is 11.9. The van der Waals surface area contributed by atoms with Crippen LogP contribution in [-0.4, -0.2) is 20.1 Å². The number of methoxy groups -OCH3 is 1. The molecule has 24 heavy (non-hydrogen) atoms. The fraction of sp³-hybridized carbons (Fsp3) is 0.316. The average molecular weight is 347 g/mol. The van der Waals surface area contributed by atoms with Crippen LogP contribution in [0, 0.1) is 6.92 Å². The summed E-state index contributed by atoms with van der Waals surface area (Å²) in [5, 5.41) is 3.04. The van der Waals surface area contributed by atoms with Crippen molar-refractivity contribution in [3.8, 4) is 0 Å². The van der Waals surface area contributed by atoms with Gasteiger partial charge in [-0.15, -0.1) is 11.6 Å². The molecule has 0 aliphatic rings. The molecule has 0 spiro atoms. The lowest BCUT2D eigenvalue weighted by molar-refractivity contribution is -0.140. The molecule has 0 amide bonds. The number of aryl methyl sites for hydroxylation is 1. The Balaban J connectivity index is 2.48. The van der Waals surface area contributed by atoms with Gasteiger partial charge in [0.1, 0.15) is 0 Å². The van der Waals surface area contributed by atoms with Crippen molar-refractivity contribution in [1.29, 1.82) is 0 Å². The minimum Gasteiger partial charge on any atom is -0.469 e. The van der Waals surface area contributed by atoms with Crippen molar-refractivity contribution in [2.75, 3.05) is 25.2 Å². The highest BCUT2D eigenvalue weighted by Gasteiger charge is 2.20. The fourth-order valence-electron chi connectivity index (χ4n) is 2.76. The topological polar surface area (TPSA) is 64.3 Å². The number of nitrogens with two attached hydrogens (primary N) is 1. The molecule has 0 saturated carbocycles. The fourth-order valence-corrected chi connectivity index (χ4v) is 3.04. The van der Waals surface area contributed by atoms with Crippen molar-refractivity contribution in [2.24, 2.45) is 0 Å². The first-order valence-corrected chi connectivity index (χ1v) is 8.33. The second-order valence-electron chi connectivity index (χ2n) is 5.75. The van der Waals surface area contributed by atoms with Crippen LogP contribution in [0.2, 0.25) is 0 Å². The number of alkyl halides is 1. The molecule has 128 valence electrons. The summed E-state index contributed by atoms with van der Waals surface area (Å²) in [4.78, 5) is 11.9. The zero-order valence-electron chi connectivity index (χ0n) is 14.2. The largest absolute Gasteiger partial charge is 0.469 e. The molecule has 0 saturated heterocycles. The molecule has 5 heteroatoms. The van der Waals surface area contributed by atoms with E-state index in [0.717, 1.165) is 27.9 Å². The van der Waals surface area contributed by atoms with Crippen LogP contribution in [0.4, 0.5) is 11.4 Å². The van der Waals surface area contributed by atoms with Crippen LogP contribution in [0.15, 0.2) is 36.4 Å². The first-order valence-electron chi connectivity index (χ1n) is 7.79. The van der Waals surface area contributed by atoms with Crippen molar-refractivity contribution in [3.63, 3.8) is 0 Å². The Morgan fingerprint density at radius 3 is 2.50 bits per heavy atom. The van der Waals surface area contributed by atoms with Crippen LogP contribution in [0.3, 0.4) is 0 Å². The van der Waals surface area contributed by atoms with E-state index in [2.05, 4.69) is 11.4 Å². The van der Waals surface area contributed by atoms with Crippen LogP contribution >= 0.6 is 11.6 Å². The number of halogens is 1. The highest BCUT2D eigenvalue weighted by molar-refractivity contribution is 6.17. The van der Waals surface area contributed by atoms with Gasteiger partial charge >= 0.3 is 5.97 Å². The van der Waals surface area contributed by atoms with E-state index in [0.29, 0.717) is 11.6 Å². The SMILES string of the molecule is CNc1ccc(C(CC(=O)OC)c2ccc(C)c(CCl)c2)cc1N. The monoisotopic (exact) mass is 346 g/mol. The van der Waals surface area contributed by atoms with E-state index in [1.807, 2.05) is 44.3 Å². The van der Waals surface area contributed by atoms with Gasteiger partial charge in [-0.3, -0.25) is 4.79 Å². The number of carbonyl (C=O) groups excluding carboxylic acids is 1. The van der Waals surface area contributed by atoms with Gasteiger partial charge in [0.25, 0.3) is 0 Å². The molecule has 0 radical (unpaired) electrons. The Morgan fingerprint density at radius 2 is 1.92 bits per heavy atom. The van der Waals surface area contributed by atoms with Crippen LogP contribution in [0.1, 0.15) is 34.6 Å². The van der Waals surface area contributed by atoms with Gasteiger partial charge in [0, 0.05) is 18.8 Å². The third-order valence-corrected chi connectivity index (χ3v) is 4.55. The second kappa shape index (κ2) is 8.06. The molecule has 0 heterocycles. The summed E-state index contributed by atoms with van der Waals surface area (Å²) in [6.45, 7) is 2.02. The quantitative estimate of drug-likeness (QED) is 0.470. The summed E-state index contributed by atoms with van der Waals surface area (Å²) in [5.74, 6) is 0.0447. The Morgan fingerprint density at radius 1 is 1.25 bits per heavy atom. The average Bonchev–Trinajstić information content (AvgIpc) is 2.60. The van der Waals surface area contributed by atoms with Crippen molar-refractivity contribution >= 4 is 28.9 Å². The Bertz CT molecular complexity index is 731. The summed E-state index contributed by atoms with van der Waals surface area (Å²) < 4.78 is 4.87. The van der Waals surface area contributed by atoms with Gasteiger partial charge in [0.2, 0.25) is 0 Å². The van der Waals surface area contributed by atoms with Crippen molar-refractivity contribution in [2.45, 2.75) is 25.1 Å². The zero-order chi connectivity index (χ0) is 17.7. The van der Waals surface area contributed by atoms with E-state index >= 15 is 0 Å². The number of hydrogen-bond donors (Lipinski definition) is 2. The highest BCUT2D eigenvalue weighted by atomic mass is 35.5. The molecule has 1 unspecified atom stereocenters. The molecule has 2 aromatic rings. The number of anilines is 2. The number of carbonyl (C=O) groups is 1. The van der Waals surface area contributed by atoms with Crippen molar-refractivity contribution in [3.05, 3.63) is 58.7 Å². The molecule has 1 atom stereocenters. The van der Waals surface area contributed by atoms with Crippen LogP contribution in [0.25, 0.3) is 0 Å². The van der Waals surface area contributed by atoms with Gasteiger partial charge in [0.15, 0.2) is 0 Å². The lowest BCUT2D eigenvalue weighted by atomic mass is 9.86. The Hall–Kier alpha value is -2.20. The molecular formula is C19H23ClN2O2. The van der Waals surface area contributed by atoms with Gasteiger partial charge < -0.3 is 15.8 Å². The molecule has 2 rings (SSSR count). The molecule has 4 nitrogen and oxygen atoms in total. The number of nitrogen functional groups attached to an aromatic ring is 1. The summed E-state index contributed by atoms with van der Waals surface area (Å²) in [6, 6.07) is 11.9. The van der Waals surface area contributed by atoms with E-state index in [-0.39, 0.29) is 18.3 Å². The van der Waals surface area contributed by atoms with Gasteiger partial charge in [-0.1, -0.05) is 24.3 Å². The summed E-state index contributed by atoms with van der Waals surface area (Å²) in [5.41, 5.74) is 11.8. The highest BCUT2D eigenvalue weighted by Crippen LogP contribution is 2.33. The first-order chi connectivity index (χ1) is 11.5. The Labute approximate surface area is 148 Å². The maximum Gasteiger partial charge on any atom is 0.306 e. The summed E-state index contributed by atoms with van der Waals surface area (Å²) in [6.07, 6.45) is 0.250. The van der Waals surface area contributed by atoms with Gasteiger partial charge in [-0.05, 0) is 41.3 Å². The van der Waals surface area contributed by atoms with E-state index in [1.165, 1.54) is 7.11 Å².